The van der Waals surface area contributed by atoms with Crippen LogP contribution in [-0.2, 0) is 16.0 Å². The lowest BCUT2D eigenvalue weighted by atomic mass is 10.0. The lowest BCUT2D eigenvalue weighted by Crippen LogP contribution is -2.49. The molecule has 2 amide bonds. The van der Waals surface area contributed by atoms with E-state index in [1.165, 1.54) is 17.7 Å². The number of ether oxygens (including phenoxy) is 1. The molecule has 37 heavy (non-hydrogen) atoms. The van der Waals surface area contributed by atoms with Crippen molar-refractivity contribution in [1.29, 1.82) is 0 Å². The summed E-state index contributed by atoms with van der Waals surface area (Å²) in [5.41, 5.74) is 2.90. The molecule has 3 aromatic rings. The number of anilines is 2. The summed E-state index contributed by atoms with van der Waals surface area (Å²) in [6, 6.07) is 24.0. The van der Waals surface area contributed by atoms with Crippen molar-refractivity contribution in [3.05, 3.63) is 90.2 Å². The van der Waals surface area contributed by atoms with E-state index in [9.17, 15) is 14.0 Å². The molecule has 3 aromatic carbocycles. The van der Waals surface area contributed by atoms with Crippen LogP contribution < -0.4 is 15.0 Å². The number of carbonyl (C=O) groups excluding carboxylic acids is 2. The first-order valence-electron chi connectivity index (χ1n) is 12.8. The second-order valence-corrected chi connectivity index (χ2v) is 9.51. The fraction of sp³-hybridized carbons (Fsp3) is 0.333. The molecule has 0 saturated carbocycles. The number of carbonyl (C=O) groups is 2. The first kappa shape index (κ1) is 26.2. The summed E-state index contributed by atoms with van der Waals surface area (Å²) in [5, 5.41) is 2.91. The van der Waals surface area contributed by atoms with Gasteiger partial charge in [-0.25, -0.2) is 4.39 Å². The molecule has 0 radical (unpaired) electrons. The Morgan fingerprint density at radius 2 is 1.57 bits per heavy atom. The van der Waals surface area contributed by atoms with Crippen LogP contribution in [0.4, 0.5) is 15.8 Å². The van der Waals surface area contributed by atoms with E-state index in [1.807, 2.05) is 54.3 Å². The maximum absolute atomic E-state index is 13.2. The second-order valence-electron chi connectivity index (χ2n) is 9.51. The Labute approximate surface area is 218 Å². The van der Waals surface area contributed by atoms with Crippen molar-refractivity contribution < 1.29 is 18.7 Å². The number of hydrogen-bond acceptors (Lipinski definition) is 4. The quantitative estimate of drug-likeness (QED) is 0.416. The fourth-order valence-electron chi connectivity index (χ4n) is 4.46. The molecule has 1 fully saturated rings. The Balaban J connectivity index is 1.15. The van der Waals surface area contributed by atoms with Crippen LogP contribution in [0.25, 0.3) is 0 Å². The average molecular weight is 504 g/mol. The van der Waals surface area contributed by atoms with E-state index in [0.29, 0.717) is 44.9 Å². The highest BCUT2D eigenvalue weighted by molar-refractivity contribution is 5.91. The van der Waals surface area contributed by atoms with Gasteiger partial charge in [0.25, 0.3) is 0 Å². The second kappa shape index (κ2) is 12.9. The van der Waals surface area contributed by atoms with Crippen LogP contribution in [0.15, 0.2) is 78.9 Å². The monoisotopic (exact) mass is 503 g/mol. The van der Waals surface area contributed by atoms with Crippen LogP contribution in [0.1, 0.15) is 25.3 Å². The standard InChI is InChI=1S/C30H34FN3O3/c1-23(22-30(36)34-18-16-33(17-19-34)27-11-7-25(31)8-12-27)21-29(35)32-26-9-13-28(14-10-26)37-20-15-24-5-3-2-4-6-24/h2-14,23H,15-22H2,1H3,(H,32,35). The van der Waals surface area contributed by atoms with Crippen molar-refractivity contribution in [2.75, 3.05) is 43.0 Å². The number of piperazine rings is 1. The van der Waals surface area contributed by atoms with E-state index >= 15 is 0 Å². The van der Waals surface area contributed by atoms with Gasteiger partial charge < -0.3 is 19.9 Å². The van der Waals surface area contributed by atoms with Gasteiger partial charge in [0.1, 0.15) is 11.6 Å². The molecule has 7 heteroatoms. The van der Waals surface area contributed by atoms with Crippen molar-refractivity contribution in [3.63, 3.8) is 0 Å². The molecule has 0 spiro atoms. The minimum absolute atomic E-state index is 0.0658. The third kappa shape index (κ3) is 8.07. The zero-order chi connectivity index (χ0) is 26.0. The molecule has 0 bridgehead atoms. The molecule has 1 N–H and O–H groups in total. The van der Waals surface area contributed by atoms with Gasteiger partial charge in [0.15, 0.2) is 0 Å². The van der Waals surface area contributed by atoms with Gasteiger partial charge in [0.2, 0.25) is 11.8 Å². The van der Waals surface area contributed by atoms with Crippen molar-refractivity contribution in [2.24, 2.45) is 5.92 Å². The molecule has 194 valence electrons. The largest absolute Gasteiger partial charge is 0.493 e. The van der Waals surface area contributed by atoms with Crippen LogP contribution in [0.2, 0.25) is 0 Å². The highest BCUT2D eigenvalue weighted by atomic mass is 19.1. The number of nitrogens with one attached hydrogen (secondary N) is 1. The van der Waals surface area contributed by atoms with Gasteiger partial charge in [0.05, 0.1) is 6.61 Å². The molecule has 1 aliphatic rings. The van der Waals surface area contributed by atoms with Crippen molar-refractivity contribution in [3.8, 4) is 5.75 Å². The highest BCUT2D eigenvalue weighted by Crippen LogP contribution is 2.20. The molecule has 0 aliphatic carbocycles. The molecular weight excluding hydrogens is 469 g/mol. The number of halogens is 1. The molecule has 1 aliphatic heterocycles. The number of rotatable bonds is 10. The van der Waals surface area contributed by atoms with Crippen molar-refractivity contribution >= 4 is 23.2 Å². The van der Waals surface area contributed by atoms with Crippen LogP contribution in [0.5, 0.6) is 5.75 Å². The topological polar surface area (TPSA) is 61.9 Å². The molecule has 1 unspecified atom stereocenters. The van der Waals surface area contributed by atoms with Crippen LogP contribution in [0, 0.1) is 11.7 Å². The average Bonchev–Trinajstić information content (AvgIpc) is 2.91. The van der Waals surface area contributed by atoms with Crippen molar-refractivity contribution in [1.82, 2.24) is 4.90 Å². The SMILES string of the molecule is CC(CC(=O)Nc1ccc(OCCc2ccccc2)cc1)CC(=O)N1CCN(c2ccc(F)cc2)CC1. The first-order valence-corrected chi connectivity index (χ1v) is 12.8. The minimum atomic E-state index is -0.254. The van der Waals surface area contributed by atoms with Gasteiger partial charge in [-0.05, 0) is 60.0 Å². The summed E-state index contributed by atoms with van der Waals surface area (Å²) in [6.45, 7) is 5.17. The first-order chi connectivity index (χ1) is 18.0. The normalized spacial score (nSPS) is 14.2. The molecule has 6 nitrogen and oxygen atoms in total. The number of hydrogen-bond donors (Lipinski definition) is 1. The molecule has 1 saturated heterocycles. The summed E-state index contributed by atoms with van der Waals surface area (Å²) in [6.07, 6.45) is 1.44. The maximum atomic E-state index is 13.2. The lowest BCUT2D eigenvalue weighted by Gasteiger charge is -2.36. The summed E-state index contributed by atoms with van der Waals surface area (Å²) >= 11 is 0. The summed E-state index contributed by atoms with van der Waals surface area (Å²) in [5.74, 6) is 0.391. The van der Waals surface area contributed by atoms with Crippen LogP contribution in [0.3, 0.4) is 0 Å². The third-order valence-corrected chi connectivity index (χ3v) is 6.52. The zero-order valence-electron chi connectivity index (χ0n) is 21.2. The molecule has 0 aromatic heterocycles. The predicted molar refractivity (Wildman–Crippen MR) is 144 cm³/mol. The molecule has 1 heterocycles. The van der Waals surface area contributed by atoms with Gasteiger partial charge in [0, 0.05) is 56.8 Å². The summed E-state index contributed by atoms with van der Waals surface area (Å²) in [4.78, 5) is 29.3. The Kier molecular flexibility index (Phi) is 9.13. The van der Waals surface area contributed by atoms with E-state index in [2.05, 4.69) is 22.3 Å². The molecule has 1 atom stereocenters. The maximum Gasteiger partial charge on any atom is 0.224 e. The van der Waals surface area contributed by atoms with E-state index in [-0.39, 0.29) is 30.0 Å². The Morgan fingerprint density at radius 1 is 0.892 bits per heavy atom. The Morgan fingerprint density at radius 3 is 2.24 bits per heavy atom. The molecule has 4 rings (SSSR count). The van der Waals surface area contributed by atoms with Gasteiger partial charge in [-0.1, -0.05) is 37.3 Å². The fourth-order valence-corrected chi connectivity index (χ4v) is 4.46. The van der Waals surface area contributed by atoms with Gasteiger partial charge >= 0.3 is 0 Å². The van der Waals surface area contributed by atoms with E-state index in [1.54, 1.807) is 12.1 Å². The predicted octanol–water partition coefficient (Wildman–Crippen LogP) is 5.15. The van der Waals surface area contributed by atoms with Gasteiger partial charge in [-0.2, -0.15) is 0 Å². The minimum Gasteiger partial charge on any atom is -0.493 e. The van der Waals surface area contributed by atoms with Crippen LogP contribution in [-0.4, -0.2) is 49.5 Å². The molecular formula is C30H34FN3O3. The highest BCUT2D eigenvalue weighted by Gasteiger charge is 2.23. The van der Waals surface area contributed by atoms with Crippen LogP contribution >= 0.6 is 0 Å². The smallest absolute Gasteiger partial charge is 0.224 e. The van der Waals surface area contributed by atoms with E-state index < -0.39 is 0 Å². The number of amides is 2. The van der Waals surface area contributed by atoms with Gasteiger partial charge in [-0.3, -0.25) is 9.59 Å². The summed E-state index contributed by atoms with van der Waals surface area (Å²) < 4.78 is 19.0. The Hall–Kier alpha value is -3.87. The summed E-state index contributed by atoms with van der Waals surface area (Å²) in [7, 11) is 0. The third-order valence-electron chi connectivity index (χ3n) is 6.52. The Bertz CT molecular complexity index is 1140. The lowest BCUT2D eigenvalue weighted by molar-refractivity contribution is -0.132. The van der Waals surface area contributed by atoms with Gasteiger partial charge in [-0.15, -0.1) is 0 Å². The van der Waals surface area contributed by atoms with E-state index in [0.717, 1.165) is 17.9 Å². The number of nitrogens with zero attached hydrogens (tertiary/aromatic N) is 2. The zero-order valence-corrected chi connectivity index (χ0v) is 21.2. The van der Waals surface area contributed by atoms with Crippen molar-refractivity contribution in [2.45, 2.75) is 26.2 Å². The number of benzene rings is 3. The van der Waals surface area contributed by atoms with E-state index in [4.69, 9.17) is 4.74 Å².